The molecule has 0 radical (unpaired) electrons. The smallest absolute Gasteiger partial charge is 0.410 e. The molecule has 11 heteroatoms. The summed E-state index contributed by atoms with van der Waals surface area (Å²) in [6.45, 7) is 7.42. The molecule has 2 atom stereocenters. The van der Waals surface area contributed by atoms with E-state index in [1.54, 1.807) is 0 Å². The van der Waals surface area contributed by atoms with Gasteiger partial charge < -0.3 is 5.11 Å². The van der Waals surface area contributed by atoms with E-state index in [-0.39, 0.29) is 12.0 Å². The Balaban J connectivity index is 2.90. The second-order valence-electron chi connectivity index (χ2n) is 7.03. The highest BCUT2D eigenvalue weighted by molar-refractivity contribution is 7.94. The fourth-order valence-corrected chi connectivity index (χ4v) is 5.52. The number of carboxylic acid groups (broad SMARTS) is 1. The van der Waals surface area contributed by atoms with Gasteiger partial charge in [-0.05, 0) is 33.3 Å². The number of allylic oxidation sites excluding steroid dienone is 1. The van der Waals surface area contributed by atoms with Crippen LogP contribution in [0.15, 0.2) is 35.8 Å². The van der Waals surface area contributed by atoms with Crippen LogP contribution in [0.2, 0.25) is 0 Å². The van der Waals surface area contributed by atoms with Crippen molar-refractivity contribution in [3.8, 4) is 0 Å². The first-order valence-corrected chi connectivity index (χ1v) is 9.72. The summed E-state index contributed by atoms with van der Waals surface area (Å²) in [5.74, 6) is -1.29. The molecule has 1 amide bonds. The highest BCUT2D eigenvalue weighted by atomic mass is 32.2. The van der Waals surface area contributed by atoms with Gasteiger partial charge in [-0.25, -0.2) is 17.6 Å². The number of amidine groups is 1. The van der Waals surface area contributed by atoms with Crippen molar-refractivity contribution in [2.24, 2.45) is 4.99 Å². The standard InChI is InChI=1S/C17H20FN3O6S/c1-5-6-13-17(4,11-9-10(21(24)25)7-8-12(11)18)20-14(19-15(22)23)16(2,3)28(13,26)27/h5,7-9,13H,1,6H2,2-4H3,(H,19,20)(H,22,23). The summed E-state index contributed by atoms with van der Waals surface area (Å²) in [4.78, 5) is 25.8. The lowest BCUT2D eigenvalue weighted by atomic mass is 9.85. The number of aliphatic imine (C=N–C) groups is 1. The van der Waals surface area contributed by atoms with Crippen LogP contribution < -0.4 is 5.32 Å². The molecule has 0 bridgehead atoms. The maximum atomic E-state index is 14.7. The Morgan fingerprint density at radius 2 is 2.07 bits per heavy atom. The highest BCUT2D eigenvalue weighted by Crippen LogP contribution is 2.45. The summed E-state index contributed by atoms with van der Waals surface area (Å²) < 4.78 is 39.6. The highest BCUT2D eigenvalue weighted by Gasteiger charge is 2.57. The second-order valence-corrected chi connectivity index (χ2v) is 9.71. The SMILES string of the molecule is C=CCC1C(C)(c2cc([N+](=O)[O-])ccc2F)N=C(NC(=O)O)C(C)(C)S1(=O)=O. The van der Waals surface area contributed by atoms with Gasteiger partial charge in [0.15, 0.2) is 9.84 Å². The van der Waals surface area contributed by atoms with Crippen LogP contribution >= 0.6 is 0 Å². The molecular weight excluding hydrogens is 393 g/mol. The Kier molecular flexibility index (Phi) is 5.35. The number of sulfone groups is 1. The summed E-state index contributed by atoms with van der Waals surface area (Å²) in [5, 5.41) is 20.9. The molecule has 0 spiro atoms. The largest absolute Gasteiger partial charge is 0.465 e. The molecule has 0 fully saturated rings. The average Bonchev–Trinajstić information content (AvgIpc) is 2.57. The average molecular weight is 413 g/mol. The van der Waals surface area contributed by atoms with Gasteiger partial charge in [0, 0.05) is 17.7 Å². The molecule has 152 valence electrons. The van der Waals surface area contributed by atoms with Crippen molar-refractivity contribution >= 4 is 27.5 Å². The molecule has 1 aliphatic heterocycles. The van der Waals surface area contributed by atoms with Crippen molar-refractivity contribution < 1.29 is 27.6 Å². The summed E-state index contributed by atoms with van der Waals surface area (Å²) in [6.07, 6.45) is -0.323. The minimum atomic E-state index is -4.13. The van der Waals surface area contributed by atoms with E-state index < -0.39 is 53.7 Å². The first-order chi connectivity index (χ1) is 12.8. The lowest BCUT2D eigenvalue weighted by Gasteiger charge is -2.44. The predicted molar refractivity (Wildman–Crippen MR) is 101 cm³/mol. The van der Waals surface area contributed by atoms with Gasteiger partial charge in [-0.2, -0.15) is 0 Å². The van der Waals surface area contributed by atoms with E-state index in [4.69, 9.17) is 5.11 Å². The molecule has 0 aliphatic carbocycles. The van der Waals surface area contributed by atoms with Gasteiger partial charge in [-0.15, -0.1) is 6.58 Å². The van der Waals surface area contributed by atoms with E-state index in [9.17, 15) is 27.7 Å². The topological polar surface area (TPSA) is 139 Å². The molecule has 9 nitrogen and oxygen atoms in total. The van der Waals surface area contributed by atoms with Crippen LogP contribution in [0.5, 0.6) is 0 Å². The van der Waals surface area contributed by atoms with Crippen LogP contribution in [0.4, 0.5) is 14.9 Å². The quantitative estimate of drug-likeness (QED) is 0.442. The number of nitrogens with zero attached hydrogens (tertiary/aromatic N) is 2. The third-order valence-electron chi connectivity index (χ3n) is 4.94. The van der Waals surface area contributed by atoms with Crippen LogP contribution in [-0.2, 0) is 15.4 Å². The Morgan fingerprint density at radius 1 is 1.46 bits per heavy atom. The number of carbonyl (C=O) groups is 1. The van der Waals surface area contributed by atoms with E-state index in [1.165, 1.54) is 26.8 Å². The second kappa shape index (κ2) is 6.97. The fraction of sp³-hybridized carbons (Fsp3) is 0.412. The zero-order valence-corrected chi connectivity index (χ0v) is 16.3. The number of non-ortho nitro benzene ring substituents is 1. The Hall–Kier alpha value is -2.82. The van der Waals surface area contributed by atoms with Crippen LogP contribution in [-0.4, -0.2) is 40.4 Å². The summed E-state index contributed by atoms with van der Waals surface area (Å²) in [5.41, 5.74) is -2.59. The molecule has 2 N–H and O–H groups in total. The normalized spacial score (nSPS) is 25.4. The summed E-state index contributed by atoms with van der Waals surface area (Å²) >= 11 is 0. The third-order valence-corrected chi connectivity index (χ3v) is 7.96. The maximum Gasteiger partial charge on any atom is 0.410 e. The number of nitro benzene ring substituents is 1. The zero-order chi connectivity index (χ0) is 21.5. The number of nitrogens with one attached hydrogen (secondary N) is 1. The van der Waals surface area contributed by atoms with E-state index in [1.807, 2.05) is 5.32 Å². The van der Waals surface area contributed by atoms with Crippen LogP contribution in [0, 0.1) is 15.9 Å². The van der Waals surface area contributed by atoms with Crippen LogP contribution in [0.1, 0.15) is 32.8 Å². The van der Waals surface area contributed by atoms with E-state index in [2.05, 4.69) is 11.6 Å². The number of halogens is 1. The summed E-state index contributed by atoms with van der Waals surface area (Å²) in [6, 6.07) is 2.73. The van der Waals surface area contributed by atoms with Crippen molar-refractivity contribution in [3.05, 3.63) is 52.3 Å². The van der Waals surface area contributed by atoms with Crippen LogP contribution in [0.3, 0.4) is 0 Å². The van der Waals surface area contributed by atoms with Crippen molar-refractivity contribution in [1.29, 1.82) is 0 Å². The lowest BCUT2D eigenvalue weighted by molar-refractivity contribution is -0.385. The van der Waals surface area contributed by atoms with Gasteiger partial charge in [-0.3, -0.25) is 20.4 Å². The molecule has 0 saturated carbocycles. The van der Waals surface area contributed by atoms with Gasteiger partial charge in [0.05, 0.1) is 10.2 Å². The van der Waals surface area contributed by atoms with Gasteiger partial charge in [0.1, 0.15) is 21.9 Å². The first kappa shape index (κ1) is 21.5. The number of rotatable bonds is 4. The van der Waals surface area contributed by atoms with Crippen LogP contribution in [0.25, 0.3) is 0 Å². The molecule has 0 aromatic heterocycles. The molecule has 2 unspecified atom stereocenters. The van der Waals surface area contributed by atoms with Gasteiger partial charge in [0.25, 0.3) is 5.69 Å². The predicted octanol–water partition coefficient (Wildman–Crippen LogP) is 2.77. The molecule has 1 heterocycles. The molecule has 1 aromatic carbocycles. The minimum Gasteiger partial charge on any atom is -0.465 e. The summed E-state index contributed by atoms with van der Waals surface area (Å²) in [7, 11) is -4.13. The van der Waals surface area contributed by atoms with Crippen molar-refractivity contribution in [1.82, 2.24) is 5.32 Å². The molecule has 1 aromatic rings. The Morgan fingerprint density at radius 3 is 2.57 bits per heavy atom. The van der Waals surface area contributed by atoms with Crippen molar-refractivity contribution in [2.45, 2.75) is 42.7 Å². The van der Waals surface area contributed by atoms with Crippen molar-refractivity contribution in [2.75, 3.05) is 0 Å². The van der Waals surface area contributed by atoms with Gasteiger partial charge in [0.2, 0.25) is 0 Å². The number of nitro groups is 1. The molecule has 28 heavy (non-hydrogen) atoms. The number of benzene rings is 1. The fourth-order valence-electron chi connectivity index (χ4n) is 3.27. The Labute approximate surface area is 161 Å². The number of hydrogen-bond acceptors (Lipinski definition) is 6. The van der Waals surface area contributed by atoms with Gasteiger partial charge in [-0.1, -0.05) is 6.08 Å². The first-order valence-electron chi connectivity index (χ1n) is 8.18. The van der Waals surface area contributed by atoms with Gasteiger partial charge >= 0.3 is 6.09 Å². The zero-order valence-electron chi connectivity index (χ0n) is 15.5. The van der Waals surface area contributed by atoms with Crippen molar-refractivity contribution in [3.63, 3.8) is 0 Å². The number of hydrogen-bond donors (Lipinski definition) is 2. The lowest BCUT2D eigenvalue weighted by Crippen LogP contribution is -2.61. The van der Waals surface area contributed by atoms with E-state index in [0.29, 0.717) is 0 Å². The molecule has 0 saturated heterocycles. The molecular formula is C17H20FN3O6S. The van der Waals surface area contributed by atoms with E-state index in [0.717, 1.165) is 18.2 Å². The maximum absolute atomic E-state index is 14.7. The third kappa shape index (κ3) is 3.26. The Bertz CT molecular complexity index is 989. The van der Waals surface area contributed by atoms with E-state index >= 15 is 0 Å². The number of amides is 1. The molecule has 1 aliphatic rings. The molecule has 2 rings (SSSR count). The monoisotopic (exact) mass is 413 g/mol. The minimum absolute atomic E-state index is 0.117.